The highest BCUT2D eigenvalue weighted by Crippen LogP contribution is 2.46. The van der Waals surface area contributed by atoms with E-state index in [1.165, 1.54) is 77.4 Å². The van der Waals surface area contributed by atoms with Gasteiger partial charge in [0.1, 0.15) is 5.82 Å². The highest BCUT2D eigenvalue weighted by Gasteiger charge is 2.28. The first-order chi connectivity index (χ1) is 23.9. The standard InChI is InChI=1S/C45H38N4/c1-28-46-41-23-21-33(25-43(41)47(28)3)35-13-9-15-37-39(35)27-40-36(34-22-24-42-44(26-34)49(5)29(2)48(42)4)14-10-16-38(40)45(37)32-19-17-31(18-20-32)30-11-7-6-8-12-30/h6-27,29H,1-5H3. The molecule has 1 aliphatic rings. The van der Waals surface area contributed by atoms with Crippen LogP contribution < -0.4 is 9.80 Å². The maximum Gasteiger partial charge on any atom is 0.106 e. The van der Waals surface area contributed by atoms with E-state index in [2.05, 4.69) is 183 Å². The van der Waals surface area contributed by atoms with Gasteiger partial charge in [-0.1, -0.05) is 103 Å². The van der Waals surface area contributed by atoms with Crippen LogP contribution in [-0.4, -0.2) is 29.8 Å². The normalized spacial score (nSPS) is 14.3. The summed E-state index contributed by atoms with van der Waals surface area (Å²) in [5.74, 6) is 1.02. The number of benzene rings is 7. The van der Waals surface area contributed by atoms with Crippen molar-refractivity contribution in [1.29, 1.82) is 0 Å². The van der Waals surface area contributed by atoms with Crippen LogP contribution in [0.4, 0.5) is 11.4 Å². The number of rotatable bonds is 4. The van der Waals surface area contributed by atoms with E-state index in [1.54, 1.807) is 0 Å². The smallest absolute Gasteiger partial charge is 0.106 e. The summed E-state index contributed by atoms with van der Waals surface area (Å²) in [5, 5.41) is 5.00. The Kier molecular flexibility index (Phi) is 6.63. The third-order valence-corrected chi connectivity index (χ3v) is 10.9. The maximum atomic E-state index is 4.77. The predicted octanol–water partition coefficient (Wildman–Crippen LogP) is 11.1. The molecule has 0 saturated heterocycles. The molecule has 2 heterocycles. The van der Waals surface area contributed by atoms with E-state index in [0.717, 1.165) is 16.9 Å². The van der Waals surface area contributed by atoms with E-state index in [0.29, 0.717) is 6.17 Å². The number of nitrogens with zero attached hydrogens (tertiary/aromatic N) is 4. The van der Waals surface area contributed by atoms with Crippen LogP contribution in [0.5, 0.6) is 0 Å². The first-order valence-electron chi connectivity index (χ1n) is 17.1. The average molecular weight is 635 g/mol. The van der Waals surface area contributed by atoms with Crippen LogP contribution in [0.2, 0.25) is 0 Å². The summed E-state index contributed by atoms with van der Waals surface area (Å²) in [7, 11) is 6.47. The molecule has 238 valence electrons. The van der Waals surface area contributed by atoms with Crippen molar-refractivity contribution >= 4 is 44.0 Å². The van der Waals surface area contributed by atoms with Gasteiger partial charge in [-0.25, -0.2) is 4.98 Å². The van der Waals surface area contributed by atoms with Crippen molar-refractivity contribution in [3.8, 4) is 44.5 Å². The monoisotopic (exact) mass is 634 g/mol. The van der Waals surface area contributed by atoms with Gasteiger partial charge in [0.05, 0.1) is 28.6 Å². The van der Waals surface area contributed by atoms with Crippen molar-refractivity contribution in [2.24, 2.45) is 7.05 Å². The molecule has 9 rings (SSSR count). The summed E-state index contributed by atoms with van der Waals surface area (Å²) in [6.07, 6.45) is 0.315. The van der Waals surface area contributed by atoms with Crippen LogP contribution in [0.25, 0.3) is 77.1 Å². The molecule has 4 nitrogen and oxygen atoms in total. The van der Waals surface area contributed by atoms with E-state index >= 15 is 0 Å². The molecule has 8 aromatic rings. The van der Waals surface area contributed by atoms with Crippen LogP contribution in [0, 0.1) is 6.92 Å². The Labute approximate surface area is 287 Å². The van der Waals surface area contributed by atoms with Crippen LogP contribution in [0.3, 0.4) is 0 Å². The zero-order chi connectivity index (χ0) is 33.4. The molecule has 7 aromatic carbocycles. The molecule has 1 aromatic heterocycles. The Balaban J connectivity index is 1.32. The average Bonchev–Trinajstić information content (AvgIpc) is 3.55. The van der Waals surface area contributed by atoms with Gasteiger partial charge in [0.15, 0.2) is 0 Å². The molecule has 0 bridgehead atoms. The lowest BCUT2D eigenvalue weighted by molar-refractivity contribution is 0.710. The largest absolute Gasteiger partial charge is 0.353 e. The van der Waals surface area contributed by atoms with E-state index < -0.39 is 0 Å². The molecule has 0 saturated carbocycles. The quantitative estimate of drug-likeness (QED) is 0.180. The summed E-state index contributed by atoms with van der Waals surface area (Å²) in [5.41, 5.74) is 14.5. The molecule has 0 aliphatic carbocycles. The van der Waals surface area contributed by atoms with Crippen LogP contribution in [0.15, 0.2) is 133 Å². The van der Waals surface area contributed by atoms with Crippen molar-refractivity contribution < 1.29 is 0 Å². The number of hydrogen-bond donors (Lipinski definition) is 0. The molecule has 0 fully saturated rings. The molecule has 0 N–H and O–H groups in total. The molecule has 1 unspecified atom stereocenters. The second kappa shape index (κ2) is 11.1. The summed E-state index contributed by atoms with van der Waals surface area (Å²) in [6, 6.07) is 49.4. The Morgan fingerprint density at radius 1 is 0.490 bits per heavy atom. The highest BCUT2D eigenvalue weighted by atomic mass is 15.4. The topological polar surface area (TPSA) is 24.3 Å². The van der Waals surface area contributed by atoms with E-state index in [4.69, 9.17) is 4.98 Å². The van der Waals surface area contributed by atoms with Gasteiger partial charge in [-0.05, 0) is 110 Å². The number of hydrogen-bond acceptors (Lipinski definition) is 3. The van der Waals surface area contributed by atoms with Gasteiger partial charge in [0.25, 0.3) is 0 Å². The number of aryl methyl sites for hydroxylation is 2. The Morgan fingerprint density at radius 3 is 1.76 bits per heavy atom. The van der Waals surface area contributed by atoms with Crippen LogP contribution >= 0.6 is 0 Å². The molecule has 1 atom stereocenters. The third-order valence-electron chi connectivity index (χ3n) is 10.9. The van der Waals surface area contributed by atoms with Crippen molar-refractivity contribution in [2.45, 2.75) is 20.0 Å². The Hall–Kier alpha value is -5.87. The predicted molar refractivity (Wildman–Crippen MR) is 208 cm³/mol. The Morgan fingerprint density at radius 2 is 1.06 bits per heavy atom. The van der Waals surface area contributed by atoms with Crippen molar-refractivity contribution in [2.75, 3.05) is 23.9 Å². The summed E-state index contributed by atoms with van der Waals surface area (Å²) < 4.78 is 2.18. The minimum Gasteiger partial charge on any atom is -0.353 e. The zero-order valence-corrected chi connectivity index (χ0v) is 28.6. The first-order valence-corrected chi connectivity index (χ1v) is 17.1. The number of anilines is 2. The lowest BCUT2D eigenvalue weighted by atomic mass is 9.86. The summed E-state index contributed by atoms with van der Waals surface area (Å²) in [4.78, 5) is 9.49. The first kappa shape index (κ1) is 29.3. The van der Waals surface area contributed by atoms with Gasteiger partial charge >= 0.3 is 0 Å². The van der Waals surface area contributed by atoms with Gasteiger partial charge in [-0.3, -0.25) is 0 Å². The fraction of sp³-hybridized carbons (Fsp3) is 0.133. The van der Waals surface area contributed by atoms with E-state index in [9.17, 15) is 0 Å². The van der Waals surface area contributed by atoms with E-state index in [-0.39, 0.29) is 0 Å². The molecule has 0 spiro atoms. The molecule has 49 heavy (non-hydrogen) atoms. The fourth-order valence-corrected chi connectivity index (χ4v) is 7.85. The van der Waals surface area contributed by atoms with Gasteiger partial charge in [0.2, 0.25) is 0 Å². The molecule has 1 aliphatic heterocycles. The van der Waals surface area contributed by atoms with E-state index in [1.807, 2.05) is 0 Å². The van der Waals surface area contributed by atoms with Gasteiger partial charge in [-0.2, -0.15) is 0 Å². The second-order valence-electron chi connectivity index (χ2n) is 13.5. The fourth-order valence-electron chi connectivity index (χ4n) is 7.85. The van der Waals surface area contributed by atoms with Crippen molar-refractivity contribution in [3.63, 3.8) is 0 Å². The minimum absolute atomic E-state index is 0.315. The lowest BCUT2D eigenvalue weighted by Gasteiger charge is -2.23. The number of imidazole rings is 1. The molecular weight excluding hydrogens is 597 g/mol. The third kappa shape index (κ3) is 4.55. The van der Waals surface area contributed by atoms with Crippen molar-refractivity contribution in [1.82, 2.24) is 9.55 Å². The van der Waals surface area contributed by atoms with Crippen molar-refractivity contribution in [3.05, 3.63) is 139 Å². The molecule has 4 heteroatoms. The lowest BCUT2D eigenvalue weighted by Crippen LogP contribution is -2.35. The summed E-state index contributed by atoms with van der Waals surface area (Å²) in [6.45, 7) is 4.32. The minimum atomic E-state index is 0.315. The SMILES string of the molecule is Cc1nc2ccc(-c3cccc4c(-c5ccc(-c6ccccc6)cc5)c5cccc(-c6ccc7c(c6)N(C)C(C)N7C)c5cc34)cc2n1C. The number of aromatic nitrogens is 2. The Bertz CT molecular complexity index is 2560. The second-order valence-corrected chi connectivity index (χ2v) is 13.5. The molecule has 0 radical (unpaired) electrons. The highest BCUT2D eigenvalue weighted by molar-refractivity contribution is 6.19. The van der Waals surface area contributed by atoms with Crippen LogP contribution in [-0.2, 0) is 7.05 Å². The zero-order valence-electron chi connectivity index (χ0n) is 28.6. The maximum absolute atomic E-state index is 4.77. The van der Waals surface area contributed by atoms with Gasteiger partial charge < -0.3 is 14.4 Å². The van der Waals surface area contributed by atoms with Crippen LogP contribution in [0.1, 0.15) is 12.7 Å². The van der Waals surface area contributed by atoms with Gasteiger partial charge in [0, 0.05) is 21.1 Å². The summed E-state index contributed by atoms with van der Waals surface area (Å²) >= 11 is 0. The molecule has 0 amide bonds. The van der Waals surface area contributed by atoms with Gasteiger partial charge in [-0.15, -0.1) is 0 Å². The number of fused-ring (bicyclic) bond motifs is 4. The molecular formula is C45H38N4.